The summed E-state index contributed by atoms with van der Waals surface area (Å²) < 4.78 is 13.4. The van der Waals surface area contributed by atoms with Crippen LogP contribution < -0.4 is 5.32 Å². The molecule has 104 valence electrons. The fourth-order valence-corrected chi connectivity index (χ4v) is 2.26. The van der Waals surface area contributed by atoms with Crippen LogP contribution in [0, 0.1) is 5.82 Å². The van der Waals surface area contributed by atoms with Crippen LogP contribution >= 0.6 is 11.8 Å². The number of thioether (sulfide) groups is 1. The van der Waals surface area contributed by atoms with Crippen molar-refractivity contribution < 1.29 is 14.3 Å². The number of nitrogens with one attached hydrogen (secondary N) is 1. The molecule has 2 aromatic rings. The Kier molecular flexibility index (Phi) is 4.76. The summed E-state index contributed by atoms with van der Waals surface area (Å²) in [6.45, 7) is -0.0864. The summed E-state index contributed by atoms with van der Waals surface area (Å²) in [5.41, 5.74) is 1.70. The van der Waals surface area contributed by atoms with Crippen LogP contribution in [0.5, 0.6) is 0 Å². The molecule has 2 aromatic carbocycles. The van der Waals surface area contributed by atoms with E-state index in [-0.39, 0.29) is 18.3 Å². The molecule has 0 unspecified atom stereocenters. The van der Waals surface area contributed by atoms with Gasteiger partial charge in [0.15, 0.2) is 0 Å². The molecule has 0 aliphatic rings. The number of aliphatic hydroxyl groups excluding tert-OH is 1. The van der Waals surface area contributed by atoms with Gasteiger partial charge in [0.1, 0.15) is 5.82 Å². The van der Waals surface area contributed by atoms with Gasteiger partial charge in [-0.2, -0.15) is 0 Å². The molecule has 1 amide bonds. The van der Waals surface area contributed by atoms with Crippen LogP contribution in [0.1, 0.15) is 15.9 Å². The molecule has 0 aromatic heterocycles. The normalized spacial score (nSPS) is 10.3. The zero-order chi connectivity index (χ0) is 14.5. The Balaban J connectivity index is 2.19. The summed E-state index contributed by atoms with van der Waals surface area (Å²) in [6.07, 6.45) is 1.75. The maximum absolute atomic E-state index is 13.4. The van der Waals surface area contributed by atoms with Gasteiger partial charge in [-0.25, -0.2) is 4.39 Å². The summed E-state index contributed by atoms with van der Waals surface area (Å²) in [4.78, 5) is 12.5. The summed E-state index contributed by atoms with van der Waals surface area (Å²) in [6, 6.07) is 11.2. The van der Waals surface area contributed by atoms with E-state index >= 15 is 0 Å². The van der Waals surface area contributed by atoms with Crippen molar-refractivity contribution in [1.82, 2.24) is 0 Å². The summed E-state index contributed by atoms with van der Waals surface area (Å²) in [5, 5.41) is 11.8. The number of carbonyl (C=O) groups is 1. The molecule has 0 bridgehead atoms. The molecule has 0 radical (unpaired) electrons. The molecule has 0 saturated heterocycles. The Morgan fingerprint density at radius 1 is 1.30 bits per heavy atom. The van der Waals surface area contributed by atoms with E-state index in [1.165, 1.54) is 30.0 Å². The minimum absolute atomic E-state index is 0.0864. The maximum atomic E-state index is 13.4. The quantitative estimate of drug-likeness (QED) is 0.850. The molecule has 0 fully saturated rings. The third-order valence-corrected chi connectivity index (χ3v) is 3.53. The van der Waals surface area contributed by atoms with Crippen molar-refractivity contribution in [2.75, 3.05) is 11.6 Å². The first kappa shape index (κ1) is 14.6. The van der Waals surface area contributed by atoms with Crippen molar-refractivity contribution in [2.24, 2.45) is 0 Å². The molecule has 0 heterocycles. The zero-order valence-corrected chi connectivity index (χ0v) is 11.7. The molecular weight excluding hydrogens is 277 g/mol. The number of anilines is 1. The van der Waals surface area contributed by atoms with Crippen LogP contribution in [0.25, 0.3) is 0 Å². The lowest BCUT2D eigenvalue weighted by molar-refractivity contribution is 0.102. The molecule has 0 aliphatic carbocycles. The van der Waals surface area contributed by atoms with Crippen molar-refractivity contribution in [3.8, 4) is 0 Å². The molecule has 2 N–H and O–H groups in total. The highest BCUT2D eigenvalue weighted by Crippen LogP contribution is 2.21. The number of rotatable bonds is 4. The minimum Gasteiger partial charge on any atom is -0.392 e. The molecule has 5 heteroatoms. The lowest BCUT2D eigenvalue weighted by Crippen LogP contribution is -2.12. The Morgan fingerprint density at radius 3 is 2.80 bits per heavy atom. The molecule has 0 atom stereocenters. The summed E-state index contributed by atoms with van der Waals surface area (Å²) in [5.74, 6) is -0.647. The van der Waals surface area contributed by atoms with Crippen LogP contribution in [0.3, 0.4) is 0 Å². The number of halogens is 1. The van der Waals surface area contributed by atoms with Gasteiger partial charge in [-0.3, -0.25) is 4.79 Å². The van der Waals surface area contributed by atoms with E-state index < -0.39 is 0 Å². The smallest absolute Gasteiger partial charge is 0.255 e. The lowest BCUT2D eigenvalue weighted by atomic mass is 10.2. The third-order valence-electron chi connectivity index (χ3n) is 2.78. The Hall–Kier alpha value is -1.85. The average molecular weight is 291 g/mol. The second-order valence-corrected chi connectivity index (χ2v) is 5.01. The van der Waals surface area contributed by atoms with Gasteiger partial charge < -0.3 is 10.4 Å². The topological polar surface area (TPSA) is 49.3 Å². The van der Waals surface area contributed by atoms with Crippen LogP contribution in [0.4, 0.5) is 10.1 Å². The van der Waals surface area contributed by atoms with Gasteiger partial charge in [-0.15, -0.1) is 11.8 Å². The number of hydrogen-bond acceptors (Lipinski definition) is 3. The molecule has 0 aliphatic heterocycles. The van der Waals surface area contributed by atoms with Crippen molar-refractivity contribution in [3.05, 3.63) is 59.4 Å². The van der Waals surface area contributed by atoms with Crippen molar-refractivity contribution >= 4 is 23.4 Å². The van der Waals surface area contributed by atoms with E-state index in [0.717, 1.165) is 0 Å². The second kappa shape index (κ2) is 6.54. The highest BCUT2D eigenvalue weighted by atomic mass is 32.2. The Labute approximate surface area is 120 Å². The number of aliphatic hydroxyl groups is 1. The number of amides is 1. The largest absolute Gasteiger partial charge is 0.392 e. The fourth-order valence-electron chi connectivity index (χ4n) is 1.75. The predicted octanol–water partition coefficient (Wildman–Crippen LogP) is 3.29. The Morgan fingerprint density at radius 2 is 2.10 bits per heavy atom. The van der Waals surface area contributed by atoms with Crippen molar-refractivity contribution in [1.29, 1.82) is 0 Å². The van der Waals surface area contributed by atoms with Gasteiger partial charge in [0.05, 0.1) is 6.61 Å². The van der Waals surface area contributed by atoms with Crippen molar-refractivity contribution in [3.63, 3.8) is 0 Å². The van der Waals surface area contributed by atoms with Gasteiger partial charge in [0, 0.05) is 16.1 Å². The molecule has 2 rings (SSSR count). The van der Waals surface area contributed by atoms with Gasteiger partial charge >= 0.3 is 0 Å². The molecule has 3 nitrogen and oxygen atoms in total. The second-order valence-electron chi connectivity index (χ2n) is 4.16. The van der Waals surface area contributed by atoms with Crippen molar-refractivity contribution in [2.45, 2.75) is 11.5 Å². The first-order chi connectivity index (χ1) is 9.63. The monoisotopic (exact) mass is 291 g/mol. The fraction of sp³-hybridized carbons (Fsp3) is 0.133. The number of carbonyl (C=O) groups excluding carboxylic acids is 1. The average Bonchev–Trinajstić information content (AvgIpc) is 2.47. The maximum Gasteiger partial charge on any atom is 0.255 e. The molecule has 0 saturated carbocycles. The minimum atomic E-state index is -0.337. The van der Waals surface area contributed by atoms with E-state index in [0.29, 0.717) is 21.7 Å². The highest BCUT2D eigenvalue weighted by Gasteiger charge is 2.09. The zero-order valence-electron chi connectivity index (χ0n) is 10.9. The number of hydrogen-bond donors (Lipinski definition) is 2. The van der Waals surface area contributed by atoms with E-state index in [1.807, 2.05) is 0 Å². The lowest BCUT2D eigenvalue weighted by Gasteiger charge is -2.08. The van der Waals surface area contributed by atoms with E-state index in [4.69, 9.17) is 5.11 Å². The standard InChI is InChI=1S/C15H14FNO2S/c1-20-14-8-11(5-6-13(14)16)15(19)17-12-4-2-3-10(7-12)9-18/h2-8,18H,9H2,1H3,(H,17,19). The van der Waals surface area contributed by atoms with Gasteiger partial charge in [-0.05, 0) is 42.2 Å². The van der Waals surface area contributed by atoms with E-state index in [1.54, 1.807) is 30.5 Å². The van der Waals surface area contributed by atoms with Crippen LogP contribution in [-0.4, -0.2) is 17.3 Å². The van der Waals surface area contributed by atoms with E-state index in [9.17, 15) is 9.18 Å². The first-order valence-electron chi connectivity index (χ1n) is 5.98. The number of benzene rings is 2. The summed E-state index contributed by atoms with van der Waals surface area (Å²) in [7, 11) is 0. The van der Waals surface area contributed by atoms with Gasteiger partial charge in [0.2, 0.25) is 0 Å². The Bertz CT molecular complexity index is 631. The first-order valence-corrected chi connectivity index (χ1v) is 7.21. The predicted molar refractivity (Wildman–Crippen MR) is 78.5 cm³/mol. The van der Waals surface area contributed by atoms with Crippen LogP contribution in [0.2, 0.25) is 0 Å². The van der Waals surface area contributed by atoms with Gasteiger partial charge in [0.25, 0.3) is 5.91 Å². The molecular formula is C15H14FNO2S. The summed E-state index contributed by atoms with van der Waals surface area (Å²) >= 11 is 1.25. The molecule has 0 spiro atoms. The van der Waals surface area contributed by atoms with Crippen LogP contribution in [0.15, 0.2) is 47.4 Å². The highest BCUT2D eigenvalue weighted by molar-refractivity contribution is 7.98. The SMILES string of the molecule is CSc1cc(C(=O)Nc2cccc(CO)c2)ccc1F. The molecule has 20 heavy (non-hydrogen) atoms. The van der Waals surface area contributed by atoms with Gasteiger partial charge in [-0.1, -0.05) is 12.1 Å². The van der Waals surface area contributed by atoms with Crippen LogP contribution in [-0.2, 0) is 6.61 Å². The van der Waals surface area contributed by atoms with E-state index in [2.05, 4.69) is 5.32 Å². The third kappa shape index (κ3) is 3.37.